The largest absolute Gasteiger partial charge is 0.460 e. The van der Waals surface area contributed by atoms with Gasteiger partial charge >= 0.3 is 5.97 Å². The first kappa shape index (κ1) is 26.6. The highest BCUT2D eigenvalue weighted by atomic mass is 19.1. The smallest absolute Gasteiger partial charge is 0.342 e. The first-order valence-electron chi connectivity index (χ1n) is 11.9. The Morgan fingerprint density at radius 2 is 1.37 bits per heavy atom. The third-order valence-electron chi connectivity index (χ3n) is 5.11. The molecule has 0 bridgehead atoms. The molecular formula is C24H42FNO4. The number of carbonyl (C=O) groups is 1. The van der Waals surface area contributed by atoms with Crippen molar-refractivity contribution in [2.24, 2.45) is 0 Å². The lowest BCUT2D eigenvalue weighted by atomic mass is 10.1. The summed E-state index contributed by atoms with van der Waals surface area (Å²) in [6, 6.07) is 0. The molecule has 1 heterocycles. The SMILES string of the molecule is CCCCCCCCCCCCCn1cc(F)c(C(=O)OCCOCCOCC)c1. The van der Waals surface area contributed by atoms with Crippen LogP contribution in [-0.2, 0) is 20.8 Å². The Bertz CT molecular complexity index is 547. The molecule has 0 aliphatic carbocycles. The van der Waals surface area contributed by atoms with Crippen LogP contribution in [0.2, 0.25) is 0 Å². The molecule has 0 saturated carbocycles. The van der Waals surface area contributed by atoms with Crippen molar-refractivity contribution in [3.63, 3.8) is 0 Å². The molecular weight excluding hydrogens is 385 g/mol. The summed E-state index contributed by atoms with van der Waals surface area (Å²) in [6.45, 7) is 6.89. The normalized spacial score (nSPS) is 11.2. The number of unbranched alkanes of at least 4 members (excludes halogenated alkanes) is 10. The Hall–Kier alpha value is -1.40. The summed E-state index contributed by atoms with van der Waals surface area (Å²) in [5.41, 5.74) is -0.00705. The van der Waals surface area contributed by atoms with Crippen molar-refractivity contribution in [3.05, 3.63) is 23.8 Å². The minimum absolute atomic E-state index is 0.00705. The van der Waals surface area contributed by atoms with E-state index in [1.54, 1.807) is 10.8 Å². The van der Waals surface area contributed by atoms with Gasteiger partial charge in [0.05, 0.1) is 19.8 Å². The van der Waals surface area contributed by atoms with Crippen molar-refractivity contribution >= 4 is 5.97 Å². The van der Waals surface area contributed by atoms with Gasteiger partial charge in [-0.3, -0.25) is 0 Å². The molecule has 5 nitrogen and oxygen atoms in total. The van der Waals surface area contributed by atoms with Crippen molar-refractivity contribution in [3.8, 4) is 0 Å². The predicted octanol–water partition coefficient (Wildman–Crippen LogP) is 6.15. The summed E-state index contributed by atoms with van der Waals surface area (Å²) in [6.07, 6.45) is 17.0. The summed E-state index contributed by atoms with van der Waals surface area (Å²) in [5.74, 6) is -1.17. The molecule has 0 amide bonds. The topological polar surface area (TPSA) is 49.7 Å². The van der Waals surface area contributed by atoms with Gasteiger partial charge in [0.25, 0.3) is 0 Å². The summed E-state index contributed by atoms with van der Waals surface area (Å²) in [7, 11) is 0. The Balaban J connectivity index is 2.08. The molecule has 1 aromatic rings. The summed E-state index contributed by atoms with van der Waals surface area (Å²) < 4.78 is 31.3. The van der Waals surface area contributed by atoms with Gasteiger partial charge in [0.1, 0.15) is 12.2 Å². The van der Waals surface area contributed by atoms with E-state index in [9.17, 15) is 9.18 Å². The molecule has 174 valence electrons. The molecule has 0 unspecified atom stereocenters. The summed E-state index contributed by atoms with van der Waals surface area (Å²) in [5, 5.41) is 0. The molecule has 0 aromatic carbocycles. The van der Waals surface area contributed by atoms with Crippen LogP contribution in [0.1, 0.15) is 94.8 Å². The van der Waals surface area contributed by atoms with Gasteiger partial charge in [-0.15, -0.1) is 0 Å². The Morgan fingerprint density at radius 1 is 0.800 bits per heavy atom. The highest BCUT2D eigenvalue weighted by molar-refractivity contribution is 5.89. The van der Waals surface area contributed by atoms with E-state index in [1.807, 2.05) is 6.92 Å². The highest BCUT2D eigenvalue weighted by Gasteiger charge is 2.16. The van der Waals surface area contributed by atoms with Crippen LogP contribution >= 0.6 is 0 Å². The van der Waals surface area contributed by atoms with E-state index < -0.39 is 11.8 Å². The number of aryl methyl sites for hydroxylation is 1. The van der Waals surface area contributed by atoms with Gasteiger partial charge in [-0.1, -0.05) is 71.1 Å². The number of aromatic nitrogens is 1. The number of carbonyl (C=O) groups excluding carboxylic acids is 1. The average Bonchev–Trinajstić information content (AvgIpc) is 3.11. The lowest BCUT2D eigenvalue weighted by Crippen LogP contribution is -2.13. The molecule has 0 radical (unpaired) electrons. The molecule has 0 saturated heterocycles. The Kier molecular flexibility index (Phi) is 16.3. The fourth-order valence-corrected chi connectivity index (χ4v) is 3.35. The minimum atomic E-state index is -0.640. The molecule has 1 rings (SSSR count). The first-order chi connectivity index (χ1) is 14.7. The number of hydrogen-bond donors (Lipinski definition) is 0. The summed E-state index contributed by atoms with van der Waals surface area (Å²) in [4.78, 5) is 12.0. The molecule has 1 aromatic heterocycles. The van der Waals surface area contributed by atoms with E-state index in [-0.39, 0.29) is 18.8 Å². The van der Waals surface area contributed by atoms with Crippen LogP contribution in [0, 0.1) is 5.82 Å². The number of esters is 1. The predicted molar refractivity (Wildman–Crippen MR) is 118 cm³/mol. The first-order valence-corrected chi connectivity index (χ1v) is 11.9. The molecule has 0 aliphatic heterocycles. The van der Waals surface area contributed by atoms with E-state index in [0.717, 1.165) is 19.4 Å². The molecule has 0 N–H and O–H groups in total. The van der Waals surface area contributed by atoms with E-state index >= 15 is 0 Å². The van der Waals surface area contributed by atoms with Gasteiger partial charge in [0.2, 0.25) is 0 Å². The van der Waals surface area contributed by atoms with Crippen LogP contribution < -0.4 is 0 Å². The third kappa shape index (κ3) is 13.0. The van der Waals surface area contributed by atoms with Gasteiger partial charge in [0, 0.05) is 25.5 Å². The molecule has 0 atom stereocenters. The zero-order valence-corrected chi connectivity index (χ0v) is 19.1. The highest BCUT2D eigenvalue weighted by Crippen LogP contribution is 2.14. The maximum Gasteiger partial charge on any atom is 0.342 e. The molecule has 0 spiro atoms. The van der Waals surface area contributed by atoms with Crippen LogP contribution in [0.3, 0.4) is 0 Å². The zero-order chi connectivity index (χ0) is 21.9. The van der Waals surface area contributed by atoms with Crippen LogP contribution in [0.5, 0.6) is 0 Å². The second kappa shape index (κ2) is 18.4. The maximum absolute atomic E-state index is 14.0. The maximum atomic E-state index is 14.0. The van der Waals surface area contributed by atoms with Gasteiger partial charge < -0.3 is 18.8 Å². The quantitative estimate of drug-likeness (QED) is 0.185. The minimum Gasteiger partial charge on any atom is -0.460 e. The molecule has 6 heteroatoms. The van der Waals surface area contributed by atoms with Gasteiger partial charge in [-0.2, -0.15) is 0 Å². The van der Waals surface area contributed by atoms with E-state index in [4.69, 9.17) is 14.2 Å². The van der Waals surface area contributed by atoms with Crippen LogP contribution in [-0.4, -0.2) is 43.6 Å². The monoisotopic (exact) mass is 427 g/mol. The second-order valence-electron chi connectivity index (χ2n) is 7.74. The number of rotatable bonds is 20. The van der Waals surface area contributed by atoms with Gasteiger partial charge in [-0.05, 0) is 13.3 Å². The van der Waals surface area contributed by atoms with E-state index in [0.29, 0.717) is 19.8 Å². The van der Waals surface area contributed by atoms with Gasteiger partial charge in [0.15, 0.2) is 5.82 Å². The van der Waals surface area contributed by atoms with Crippen molar-refractivity contribution in [2.45, 2.75) is 91.0 Å². The average molecular weight is 428 g/mol. The molecule has 0 fully saturated rings. The Labute approximate surface area is 182 Å². The zero-order valence-electron chi connectivity index (χ0n) is 19.1. The third-order valence-corrected chi connectivity index (χ3v) is 5.11. The van der Waals surface area contributed by atoms with Crippen molar-refractivity contribution < 1.29 is 23.4 Å². The van der Waals surface area contributed by atoms with Crippen LogP contribution in [0.15, 0.2) is 12.4 Å². The Morgan fingerprint density at radius 3 is 2.00 bits per heavy atom. The van der Waals surface area contributed by atoms with E-state index in [2.05, 4.69) is 6.92 Å². The van der Waals surface area contributed by atoms with Crippen molar-refractivity contribution in [2.75, 3.05) is 33.0 Å². The van der Waals surface area contributed by atoms with Crippen molar-refractivity contribution in [1.29, 1.82) is 0 Å². The summed E-state index contributed by atoms with van der Waals surface area (Å²) >= 11 is 0. The van der Waals surface area contributed by atoms with E-state index in [1.165, 1.54) is 64.0 Å². The fourth-order valence-electron chi connectivity index (χ4n) is 3.35. The number of halogens is 1. The number of ether oxygens (including phenoxy) is 3. The van der Waals surface area contributed by atoms with Gasteiger partial charge in [-0.25, -0.2) is 9.18 Å². The second-order valence-corrected chi connectivity index (χ2v) is 7.74. The lowest BCUT2D eigenvalue weighted by Gasteiger charge is -2.06. The standard InChI is InChI=1S/C24H42FNO4/c1-3-5-6-7-8-9-10-11-12-13-14-15-26-20-22(23(25)21-26)24(27)30-19-18-29-17-16-28-4-2/h20-21H,3-19H2,1-2H3. The lowest BCUT2D eigenvalue weighted by molar-refractivity contribution is 0.0161. The number of hydrogen-bond acceptors (Lipinski definition) is 4. The van der Waals surface area contributed by atoms with Crippen molar-refractivity contribution in [1.82, 2.24) is 4.57 Å². The van der Waals surface area contributed by atoms with Crippen LogP contribution in [0.25, 0.3) is 0 Å². The van der Waals surface area contributed by atoms with Crippen LogP contribution in [0.4, 0.5) is 4.39 Å². The number of nitrogens with zero attached hydrogens (tertiary/aromatic N) is 1. The molecule has 0 aliphatic rings. The fraction of sp³-hybridized carbons (Fsp3) is 0.792. The molecule has 30 heavy (non-hydrogen) atoms.